The summed E-state index contributed by atoms with van der Waals surface area (Å²) < 4.78 is 13.2. The van der Waals surface area contributed by atoms with Crippen molar-refractivity contribution in [3.05, 3.63) is 77.6 Å². The smallest absolute Gasteiger partial charge is 0.255 e. The molecule has 1 aliphatic heterocycles. The molecule has 0 saturated carbocycles. The average Bonchev–Trinajstić information content (AvgIpc) is 3.16. The van der Waals surface area contributed by atoms with Crippen molar-refractivity contribution in [2.24, 2.45) is 0 Å². The van der Waals surface area contributed by atoms with Crippen molar-refractivity contribution in [2.45, 2.75) is 13.8 Å². The third-order valence-electron chi connectivity index (χ3n) is 5.22. The molecule has 0 atom stereocenters. The van der Waals surface area contributed by atoms with Crippen LogP contribution in [0.3, 0.4) is 0 Å². The van der Waals surface area contributed by atoms with Crippen molar-refractivity contribution < 1.29 is 14.3 Å². The number of carbonyl (C=O) groups is 1. The van der Waals surface area contributed by atoms with Crippen molar-refractivity contribution in [2.75, 3.05) is 18.5 Å². The molecule has 3 aromatic carbocycles. The van der Waals surface area contributed by atoms with E-state index in [0.29, 0.717) is 36.0 Å². The second kappa shape index (κ2) is 7.22. The lowest BCUT2D eigenvalue weighted by Crippen LogP contribution is -2.16. The predicted molar refractivity (Wildman–Crippen MR) is 116 cm³/mol. The normalized spacial score (nSPS) is 12.7. The van der Waals surface area contributed by atoms with Gasteiger partial charge in [0.15, 0.2) is 11.5 Å². The molecule has 0 unspecified atom stereocenters. The maximum Gasteiger partial charge on any atom is 0.255 e. The van der Waals surface area contributed by atoms with Crippen molar-refractivity contribution in [1.82, 2.24) is 9.55 Å². The second-order valence-electron chi connectivity index (χ2n) is 7.42. The quantitative estimate of drug-likeness (QED) is 0.544. The van der Waals surface area contributed by atoms with Crippen molar-refractivity contribution in [1.29, 1.82) is 0 Å². The standard InChI is InChI=1S/C24H21N3O3/c1-15-3-6-20(16(2)11-15)27-14-25-19-12-17(4-7-21(19)27)24(28)26-18-5-8-22-23(13-18)30-10-9-29-22/h3-8,11-14H,9-10H2,1-2H3,(H,26,28). The summed E-state index contributed by atoms with van der Waals surface area (Å²) in [5.74, 6) is 1.13. The first-order valence-electron chi connectivity index (χ1n) is 9.84. The maximum absolute atomic E-state index is 12.8. The fourth-order valence-corrected chi connectivity index (χ4v) is 3.75. The molecule has 1 aromatic heterocycles. The third-order valence-corrected chi connectivity index (χ3v) is 5.22. The number of ether oxygens (including phenoxy) is 2. The predicted octanol–water partition coefficient (Wildman–Crippen LogP) is 4.67. The molecule has 0 saturated heterocycles. The molecule has 4 aromatic rings. The zero-order valence-corrected chi connectivity index (χ0v) is 16.8. The summed E-state index contributed by atoms with van der Waals surface area (Å²) >= 11 is 0. The van der Waals surface area contributed by atoms with Gasteiger partial charge in [-0.25, -0.2) is 4.98 Å². The van der Waals surface area contributed by atoms with E-state index >= 15 is 0 Å². The monoisotopic (exact) mass is 399 g/mol. The number of aromatic nitrogens is 2. The topological polar surface area (TPSA) is 65.4 Å². The van der Waals surface area contributed by atoms with Crippen LogP contribution in [0.4, 0.5) is 5.69 Å². The summed E-state index contributed by atoms with van der Waals surface area (Å²) in [7, 11) is 0. The summed E-state index contributed by atoms with van der Waals surface area (Å²) in [6.07, 6.45) is 1.80. The summed E-state index contributed by atoms with van der Waals surface area (Å²) in [6.45, 7) is 5.20. The van der Waals surface area contributed by atoms with Crippen molar-refractivity contribution in [3.8, 4) is 17.2 Å². The van der Waals surface area contributed by atoms with Crippen LogP contribution in [0.2, 0.25) is 0 Å². The van der Waals surface area contributed by atoms with E-state index in [1.807, 2.05) is 22.8 Å². The molecule has 150 valence electrons. The minimum Gasteiger partial charge on any atom is -0.486 e. The van der Waals surface area contributed by atoms with Crippen LogP contribution < -0.4 is 14.8 Å². The van der Waals surface area contributed by atoms with E-state index in [0.717, 1.165) is 16.7 Å². The first-order chi connectivity index (χ1) is 14.6. The Labute approximate surface area is 174 Å². The van der Waals surface area contributed by atoms with Crippen LogP contribution in [0, 0.1) is 13.8 Å². The number of benzene rings is 3. The third kappa shape index (κ3) is 3.26. The number of carbonyl (C=O) groups excluding carboxylic acids is 1. The fraction of sp³-hybridized carbons (Fsp3) is 0.167. The van der Waals surface area contributed by atoms with Gasteiger partial charge in [-0.15, -0.1) is 0 Å². The van der Waals surface area contributed by atoms with Gasteiger partial charge >= 0.3 is 0 Å². The minimum atomic E-state index is -0.199. The maximum atomic E-state index is 12.8. The molecule has 5 rings (SSSR count). The van der Waals surface area contributed by atoms with Gasteiger partial charge in [0.1, 0.15) is 19.5 Å². The number of rotatable bonds is 3. The Balaban J connectivity index is 1.42. The summed E-state index contributed by atoms with van der Waals surface area (Å²) in [6, 6.07) is 17.3. The number of imidazole rings is 1. The largest absolute Gasteiger partial charge is 0.486 e. The Bertz CT molecular complexity index is 1280. The van der Waals surface area contributed by atoms with Crippen LogP contribution in [-0.2, 0) is 0 Å². The highest BCUT2D eigenvalue weighted by Gasteiger charge is 2.15. The summed E-state index contributed by atoms with van der Waals surface area (Å²) in [4.78, 5) is 17.3. The van der Waals surface area contributed by atoms with E-state index in [1.54, 1.807) is 24.5 Å². The molecule has 1 amide bonds. The van der Waals surface area contributed by atoms with Gasteiger partial charge in [0.05, 0.1) is 16.7 Å². The van der Waals surface area contributed by atoms with Crippen LogP contribution in [0.25, 0.3) is 16.7 Å². The lowest BCUT2D eigenvalue weighted by molar-refractivity contribution is 0.102. The van der Waals surface area contributed by atoms with E-state index in [1.165, 1.54) is 11.1 Å². The Morgan fingerprint density at radius 1 is 0.967 bits per heavy atom. The number of amides is 1. The first kappa shape index (κ1) is 18.2. The van der Waals surface area contributed by atoms with Gasteiger partial charge in [-0.2, -0.15) is 0 Å². The number of fused-ring (bicyclic) bond motifs is 2. The van der Waals surface area contributed by atoms with Crippen LogP contribution in [0.5, 0.6) is 11.5 Å². The van der Waals surface area contributed by atoms with Gasteiger partial charge in [0.2, 0.25) is 0 Å². The SMILES string of the molecule is Cc1ccc(-n2cnc3cc(C(=O)Nc4ccc5c(c4)OCCO5)ccc32)c(C)c1. The van der Waals surface area contributed by atoms with E-state index in [9.17, 15) is 4.79 Å². The van der Waals surface area contributed by atoms with Gasteiger partial charge in [-0.1, -0.05) is 17.7 Å². The zero-order chi connectivity index (χ0) is 20.7. The van der Waals surface area contributed by atoms with Gasteiger partial charge < -0.3 is 14.8 Å². The lowest BCUT2D eigenvalue weighted by Gasteiger charge is -2.19. The van der Waals surface area contributed by atoms with E-state index in [-0.39, 0.29) is 5.91 Å². The summed E-state index contributed by atoms with van der Waals surface area (Å²) in [5, 5.41) is 2.92. The number of hydrogen-bond acceptors (Lipinski definition) is 4. The van der Waals surface area contributed by atoms with Crippen LogP contribution >= 0.6 is 0 Å². The number of nitrogens with zero attached hydrogens (tertiary/aromatic N) is 2. The Morgan fingerprint density at radius 3 is 2.63 bits per heavy atom. The molecular weight excluding hydrogens is 378 g/mol. The number of anilines is 1. The highest BCUT2D eigenvalue weighted by Crippen LogP contribution is 2.32. The molecule has 0 bridgehead atoms. The number of nitrogens with one attached hydrogen (secondary N) is 1. The molecule has 0 fully saturated rings. The Morgan fingerprint density at radius 2 is 1.80 bits per heavy atom. The zero-order valence-electron chi connectivity index (χ0n) is 16.8. The highest BCUT2D eigenvalue weighted by atomic mass is 16.6. The molecule has 30 heavy (non-hydrogen) atoms. The van der Waals surface area contributed by atoms with Gasteiger partial charge in [-0.05, 0) is 55.8 Å². The fourth-order valence-electron chi connectivity index (χ4n) is 3.75. The van der Waals surface area contributed by atoms with E-state index in [2.05, 4.69) is 42.3 Å². The molecule has 1 aliphatic rings. The number of hydrogen-bond donors (Lipinski definition) is 1. The van der Waals surface area contributed by atoms with Crippen LogP contribution in [-0.4, -0.2) is 28.7 Å². The van der Waals surface area contributed by atoms with Crippen LogP contribution in [0.1, 0.15) is 21.5 Å². The Kier molecular flexibility index (Phi) is 4.39. The molecule has 2 heterocycles. The minimum absolute atomic E-state index is 0.199. The lowest BCUT2D eigenvalue weighted by atomic mass is 10.1. The number of aryl methyl sites for hydroxylation is 2. The summed E-state index contributed by atoms with van der Waals surface area (Å²) in [5.41, 5.74) is 6.40. The Hall–Kier alpha value is -3.80. The second-order valence-corrected chi connectivity index (χ2v) is 7.42. The highest BCUT2D eigenvalue weighted by molar-refractivity contribution is 6.06. The molecule has 0 aliphatic carbocycles. The average molecular weight is 399 g/mol. The van der Waals surface area contributed by atoms with Crippen molar-refractivity contribution >= 4 is 22.6 Å². The molecule has 1 N–H and O–H groups in total. The van der Waals surface area contributed by atoms with Gasteiger partial charge in [0, 0.05) is 17.3 Å². The molecule has 6 nitrogen and oxygen atoms in total. The van der Waals surface area contributed by atoms with Crippen molar-refractivity contribution in [3.63, 3.8) is 0 Å². The van der Waals surface area contributed by atoms with E-state index in [4.69, 9.17) is 9.47 Å². The van der Waals surface area contributed by atoms with Gasteiger partial charge in [-0.3, -0.25) is 9.36 Å². The molecule has 0 radical (unpaired) electrons. The van der Waals surface area contributed by atoms with Crippen LogP contribution in [0.15, 0.2) is 60.9 Å². The van der Waals surface area contributed by atoms with E-state index < -0.39 is 0 Å². The molecule has 0 spiro atoms. The molecular formula is C24H21N3O3. The molecule has 6 heteroatoms. The van der Waals surface area contributed by atoms with Gasteiger partial charge in [0.25, 0.3) is 5.91 Å². The first-order valence-corrected chi connectivity index (χ1v) is 9.84.